The molecular formula is C19H10N4O6S. The summed E-state index contributed by atoms with van der Waals surface area (Å²) in [4.78, 5) is 54.0. The average molecular weight is 422 g/mol. The number of ketones is 2. The van der Waals surface area contributed by atoms with Gasteiger partial charge >= 0.3 is 5.97 Å². The number of nitrogens with zero attached hydrogens (tertiary/aromatic N) is 2. The van der Waals surface area contributed by atoms with Crippen molar-refractivity contribution in [1.29, 1.82) is 0 Å². The molecule has 1 aliphatic rings. The first-order valence-electron chi connectivity index (χ1n) is 8.35. The van der Waals surface area contributed by atoms with Crippen molar-refractivity contribution in [3.63, 3.8) is 0 Å². The zero-order valence-electron chi connectivity index (χ0n) is 14.8. The predicted molar refractivity (Wildman–Crippen MR) is 105 cm³/mol. The van der Waals surface area contributed by atoms with Crippen LogP contribution in [0.4, 0.5) is 11.4 Å². The number of carboxylic acid groups (broad SMARTS) is 1. The van der Waals surface area contributed by atoms with Gasteiger partial charge in [-0.05, 0) is 24.4 Å². The summed E-state index contributed by atoms with van der Waals surface area (Å²) in [6.45, 7) is 0. The lowest BCUT2D eigenvalue weighted by Gasteiger charge is -2.19. The average Bonchev–Trinajstić information content (AvgIpc) is 2.70. The van der Waals surface area contributed by atoms with E-state index in [2.05, 4.69) is 20.2 Å². The second-order valence-electron chi connectivity index (χ2n) is 6.20. The zero-order valence-corrected chi connectivity index (χ0v) is 15.6. The number of hydrogen-bond donors (Lipinski definition) is 4. The van der Waals surface area contributed by atoms with Crippen LogP contribution in [0.15, 0.2) is 51.4 Å². The van der Waals surface area contributed by atoms with Gasteiger partial charge in [-0.2, -0.15) is 0 Å². The standard InChI is InChI=1S/C19H10N4O6S/c24-14-7-3-1-2-4-8(7)15(25)11-9(14)5-6-10(18(28)29)12(11)22-23-13-16(26)20-19(30)21-17(13)27/h1-6H,(H,28,29)(H3,20,21,26,27,30). The molecule has 0 amide bonds. The fourth-order valence-corrected chi connectivity index (χ4v) is 3.30. The molecule has 3 aromatic rings. The molecule has 0 saturated carbocycles. The van der Waals surface area contributed by atoms with E-state index in [-0.39, 0.29) is 27.0 Å². The van der Waals surface area contributed by atoms with E-state index in [0.29, 0.717) is 0 Å². The minimum absolute atomic E-state index is 0.0387. The lowest BCUT2D eigenvalue weighted by Crippen LogP contribution is -2.21. The highest BCUT2D eigenvalue weighted by Crippen LogP contribution is 2.37. The van der Waals surface area contributed by atoms with E-state index in [1.807, 2.05) is 0 Å². The molecule has 0 atom stereocenters. The van der Waals surface area contributed by atoms with Gasteiger partial charge < -0.3 is 15.2 Å². The van der Waals surface area contributed by atoms with E-state index in [0.717, 1.165) is 6.07 Å². The van der Waals surface area contributed by atoms with Crippen LogP contribution in [0.3, 0.4) is 0 Å². The molecule has 0 aliphatic heterocycles. The number of H-pyrrole nitrogens is 2. The van der Waals surface area contributed by atoms with Gasteiger partial charge in [-0.25, -0.2) is 4.79 Å². The molecule has 1 aliphatic carbocycles. The number of aromatic carboxylic acids is 1. The summed E-state index contributed by atoms with van der Waals surface area (Å²) in [5.41, 5.74) is -2.27. The van der Waals surface area contributed by atoms with E-state index < -0.39 is 45.9 Å². The summed E-state index contributed by atoms with van der Waals surface area (Å²) in [7, 11) is 0. The number of aromatic hydroxyl groups is 1. The van der Waals surface area contributed by atoms with Gasteiger partial charge in [0.05, 0.1) is 11.1 Å². The minimum atomic E-state index is -1.42. The van der Waals surface area contributed by atoms with Crippen molar-refractivity contribution in [1.82, 2.24) is 9.97 Å². The molecule has 0 radical (unpaired) electrons. The summed E-state index contributed by atoms with van der Waals surface area (Å²) < 4.78 is -0.155. The summed E-state index contributed by atoms with van der Waals surface area (Å²) in [6.07, 6.45) is 0. The Morgan fingerprint density at radius 2 is 1.50 bits per heavy atom. The summed E-state index contributed by atoms with van der Waals surface area (Å²) in [5, 5.41) is 26.7. The van der Waals surface area contributed by atoms with Gasteiger partial charge in [0.2, 0.25) is 11.6 Å². The van der Waals surface area contributed by atoms with Gasteiger partial charge in [0.15, 0.2) is 16.3 Å². The smallest absolute Gasteiger partial charge is 0.337 e. The molecule has 0 unspecified atom stereocenters. The highest BCUT2D eigenvalue weighted by molar-refractivity contribution is 7.71. The predicted octanol–water partition coefficient (Wildman–Crippen LogP) is 3.03. The number of carbonyl (C=O) groups is 3. The normalized spacial score (nSPS) is 12.7. The summed E-state index contributed by atoms with van der Waals surface area (Å²) in [6, 6.07) is 8.47. The molecule has 0 spiro atoms. The maximum atomic E-state index is 13.1. The quantitative estimate of drug-likeness (QED) is 0.291. The molecule has 1 aromatic heterocycles. The van der Waals surface area contributed by atoms with Crippen LogP contribution >= 0.6 is 12.2 Å². The number of azo groups is 1. The SMILES string of the molecule is O=C(O)c1ccc2c(c1N=Nc1c(O)[nH]c(=S)[nH]c1=O)C(=O)c1ccccc1C2=O. The Balaban J connectivity index is 1.98. The number of rotatable bonds is 3. The monoisotopic (exact) mass is 422 g/mol. The highest BCUT2D eigenvalue weighted by Gasteiger charge is 2.33. The van der Waals surface area contributed by atoms with Crippen LogP contribution in [-0.2, 0) is 0 Å². The summed E-state index contributed by atoms with van der Waals surface area (Å²) in [5.74, 6) is -3.20. The van der Waals surface area contributed by atoms with Crippen molar-refractivity contribution in [2.24, 2.45) is 10.2 Å². The van der Waals surface area contributed by atoms with Gasteiger partial charge in [-0.15, -0.1) is 10.2 Å². The van der Waals surface area contributed by atoms with Gasteiger partial charge in [0.1, 0.15) is 5.69 Å². The third-order valence-corrected chi connectivity index (χ3v) is 4.65. The first-order valence-corrected chi connectivity index (χ1v) is 8.76. The second-order valence-corrected chi connectivity index (χ2v) is 6.61. The molecule has 4 N–H and O–H groups in total. The highest BCUT2D eigenvalue weighted by atomic mass is 32.1. The molecule has 10 nitrogen and oxygen atoms in total. The molecular weight excluding hydrogens is 412 g/mol. The second kappa shape index (κ2) is 6.97. The fraction of sp³-hybridized carbons (Fsp3) is 0. The number of carbonyl (C=O) groups excluding carboxylic acids is 2. The van der Waals surface area contributed by atoms with Crippen LogP contribution in [0.5, 0.6) is 5.88 Å². The van der Waals surface area contributed by atoms with Crippen LogP contribution in [0, 0.1) is 4.77 Å². The Morgan fingerprint density at radius 3 is 2.13 bits per heavy atom. The van der Waals surface area contributed by atoms with E-state index in [1.54, 1.807) is 12.1 Å². The maximum absolute atomic E-state index is 13.1. The maximum Gasteiger partial charge on any atom is 0.337 e. The number of aromatic amines is 2. The van der Waals surface area contributed by atoms with Crippen LogP contribution in [0.1, 0.15) is 42.2 Å². The molecule has 4 rings (SSSR count). The molecule has 0 fully saturated rings. The molecule has 11 heteroatoms. The van der Waals surface area contributed by atoms with Crippen molar-refractivity contribution < 1.29 is 24.6 Å². The van der Waals surface area contributed by atoms with Crippen molar-refractivity contribution in [2.45, 2.75) is 0 Å². The molecule has 30 heavy (non-hydrogen) atoms. The van der Waals surface area contributed by atoms with Crippen molar-refractivity contribution in [2.75, 3.05) is 0 Å². The molecule has 1 heterocycles. The van der Waals surface area contributed by atoms with E-state index >= 15 is 0 Å². The van der Waals surface area contributed by atoms with Crippen LogP contribution < -0.4 is 5.56 Å². The Labute approximate surface area is 171 Å². The van der Waals surface area contributed by atoms with Crippen molar-refractivity contribution in [3.8, 4) is 5.88 Å². The number of benzene rings is 2. The van der Waals surface area contributed by atoms with Crippen LogP contribution in [-0.4, -0.2) is 37.7 Å². The van der Waals surface area contributed by atoms with Crippen molar-refractivity contribution >= 4 is 41.1 Å². The topological polar surface area (TPSA) is 165 Å². The molecule has 0 bridgehead atoms. The molecule has 0 saturated heterocycles. The first-order chi connectivity index (χ1) is 14.3. The molecule has 2 aromatic carbocycles. The van der Waals surface area contributed by atoms with Crippen LogP contribution in [0.2, 0.25) is 0 Å². The largest absolute Gasteiger partial charge is 0.493 e. The third-order valence-electron chi connectivity index (χ3n) is 4.44. The first kappa shape index (κ1) is 19.1. The van der Waals surface area contributed by atoms with Crippen LogP contribution in [0.25, 0.3) is 0 Å². The lowest BCUT2D eigenvalue weighted by atomic mass is 9.82. The molecule has 148 valence electrons. The Kier molecular flexibility index (Phi) is 4.43. The Morgan fingerprint density at radius 1 is 0.867 bits per heavy atom. The van der Waals surface area contributed by atoms with Gasteiger partial charge in [0.25, 0.3) is 5.56 Å². The van der Waals surface area contributed by atoms with Gasteiger partial charge in [-0.3, -0.25) is 19.4 Å². The Bertz CT molecular complexity index is 1420. The number of fused-ring (bicyclic) bond motifs is 2. The number of carboxylic acids is 1. The summed E-state index contributed by atoms with van der Waals surface area (Å²) >= 11 is 4.72. The van der Waals surface area contributed by atoms with E-state index in [9.17, 15) is 29.4 Å². The van der Waals surface area contributed by atoms with Crippen molar-refractivity contribution in [3.05, 3.63) is 79.3 Å². The number of hydrogen-bond acceptors (Lipinski definition) is 8. The van der Waals surface area contributed by atoms with E-state index in [4.69, 9.17) is 12.2 Å². The Hall–Kier alpha value is -4.25. The van der Waals surface area contributed by atoms with Gasteiger partial charge in [0, 0.05) is 16.7 Å². The zero-order chi connectivity index (χ0) is 21.6. The number of aromatic nitrogens is 2. The van der Waals surface area contributed by atoms with E-state index in [1.165, 1.54) is 18.2 Å². The lowest BCUT2D eigenvalue weighted by molar-refractivity contribution is 0.0697. The minimum Gasteiger partial charge on any atom is -0.493 e. The van der Waals surface area contributed by atoms with Gasteiger partial charge in [-0.1, -0.05) is 24.3 Å². The fourth-order valence-electron chi connectivity index (χ4n) is 3.11. The third kappa shape index (κ3) is 2.93. The number of nitrogens with one attached hydrogen (secondary N) is 2.